The van der Waals surface area contributed by atoms with E-state index in [-0.39, 0.29) is 47.3 Å². The molecular formula is C27H32IN3O10. The van der Waals surface area contributed by atoms with Crippen LogP contribution in [0, 0.1) is 3.57 Å². The number of ketones is 1. The summed E-state index contributed by atoms with van der Waals surface area (Å²) in [6, 6.07) is 6.34. The fourth-order valence-electron chi connectivity index (χ4n) is 3.89. The van der Waals surface area contributed by atoms with Crippen molar-refractivity contribution in [2.45, 2.75) is 77.5 Å². The topological polar surface area (TPSA) is 172 Å². The number of rotatable bonds is 9. The molecule has 41 heavy (non-hydrogen) atoms. The van der Waals surface area contributed by atoms with Crippen LogP contribution in [0.4, 0.5) is 4.79 Å². The number of hydrogen-bond donors (Lipinski definition) is 2. The van der Waals surface area contributed by atoms with Crippen LogP contribution in [0.25, 0.3) is 0 Å². The minimum Gasteiger partial charge on any atom is -0.459 e. The Bertz CT molecular complexity index is 1420. The molecule has 2 heterocycles. The zero-order valence-corrected chi connectivity index (χ0v) is 25.2. The lowest BCUT2D eigenvalue weighted by Crippen LogP contribution is -2.45. The van der Waals surface area contributed by atoms with E-state index in [0.717, 1.165) is 10.1 Å². The minimum absolute atomic E-state index is 0.0581. The first-order chi connectivity index (χ1) is 19.2. The Morgan fingerprint density at radius 2 is 1.78 bits per heavy atom. The average Bonchev–Trinajstić information content (AvgIpc) is 3.26. The van der Waals surface area contributed by atoms with Gasteiger partial charge >= 0.3 is 17.8 Å². The van der Waals surface area contributed by atoms with Crippen LogP contribution < -0.4 is 16.6 Å². The van der Waals surface area contributed by atoms with Crippen molar-refractivity contribution in [2.24, 2.45) is 0 Å². The lowest BCUT2D eigenvalue weighted by molar-refractivity contribution is -0.117. The van der Waals surface area contributed by atoms with Crippen molar-refractivity contribution in [3.05, 3.63) is 66.0 Å². The number of nitrogens with zero attached hydrogens (tertiary/aromatic N) is 2. The lowest BCUT2D eigenvalue weighted by Gasteiger charge is -2.19. The highest BCUT2D eigenvalue weighted by Crippen LogP contribution is 2.28. The zero-order chi connectivity index (χ0) is 30.5. The number of Topliss-reactive ketones (excluding diaryl/α,β-unsaturated/α-hetero) is 1. The number of halogens is 1. The van der Waals surface area contributed by atoms with E-state index in [1.807, 2.05) is 0 Å². The molecule has 2 aromatic rings. The fourth-order valence-corrected chi connectivity index (χ4v) is 4.43. The molecule has 3 atom stereocenters. The summed E-state index contributed by atoms with van der Waals surface area (Å²) < 4.78 is 17.8. The second kappa shape index (κ2) is 13.5. The quantitative estimate of drug-likeness (QED) is 0.294. The number of aliphatic hydroxyl groups is 1. The zero-order valence-electron chi connectivity index (χ0n) is 23.0. The molecule has 13 nitrogen and oxygen atoms in total. The van der Waals surface area contributed by atoms with Crippen molar-refractivity contribution >= 4 is 46.3 Å². The molecule has 2 N–H and O–H groups in total. The molecular weight excluding hydrogens is 653 g/mol. The Morgan fingerprint density at radius 3 is 2.39 bits per heavy atom. The van der Waals surface area contributed by atoms with Crippen molar-refractivity contribution in [3.8, 4) is 0 Å². The largest absolute Gasteiger partial charge is 0.459 e. The molecule has 0 aliphatic carbocycles. The van der Waals surface area contributed by atoms with Crippen LogP contribution in [0.1, 0.15) is 73.9 Å². The molecule has 0 spiro atoms. The summed E-state index contributed by atoms with van der Waals surface area (Å²) in [4.78, 5) is 73.6. The van der Waals surface area contributed by atoms with Crippen LogP contribution in [0.3, 0.4) is 0 Å². The molecule has 0 bridgehead atoms. The van der Waals surface area contributed by atoms with E-state index in [4.69, 9.17) is 14.2 Å². The van der Waals surface area contributed by atoms with Gasteiger partial charge in [-0.25, -0.2) is 14.4 Å². The molecule has 1 amide bonds. The highest BCUT2D eigenvalue weighted by molar-refractivity contribution is 14.1. The number of esters is 1. The van der Waals surface area contributed by atoms with Crippen LogP contribution in [-0.4, -0.2) is 62.4 Å². The van der Waals surface area contributed by atoms with Crippen molar-refractivity contribution in [2.75, 3.05) is 6.61 Å². The number of alkyl carbamates (subject to hydrolysis) is 1. The first-order valence-corrected chi connectivity index (χ1v) is 13.9. The van der Waals surface area contributed by atoms with Crippen molar-refractivity contribution in [1.29, 1.82) is 0 Å². The highest BCUT2D eigenvalue weighted by atomic mass is 127. The first-order valence-electron chi connectivity index (χ1n) is 12.8. The first kappa shape index (κ1) is 32.1. The van der Waals surface area contributed by atoms with Crippen molar-refractivity contribution < 1.29 is 38.5 Å². The van der Waals surface area contributed by atoms with Gasteiger partial charge in [-0.2, -0.15) is 4.57 Å². The normalized spacial score (nSPS) is 18.5. The molecule has 1 aromatic heterocycles. The summed E-state index contributed by atoms with van der Waals surface area (Å²) >= 11 is 1.69. The van der Waals surface area contributed by atoms with E-state index in [9.17, 15) is 33.9 Å². The van der Waals surface area contributed by atoms with E-state index in [2.05, 4.69) is 5.32 Å². The third-order valence-electron chi connectivity index (χ3n) is 5.93. The Hall–Kier alpha value is -3.37. The maximum atomic E-state index is 13.0. The van der Waals surface area contributed by atoms with Gasteiger partial charge < -0.3 is 29.4 Å². The highest BCUT2D eigenvalue weighted by Gasteiger charge is 2.37. The predicted octanol–water partition coefficient (Wildman–Crippen LogP) is 2.15. The van der Waals surface area contributed by atoms with Gasteiger partial charge in [-0.15, -0.1) is 0 Å². The number of aliphatic hydroxyl groups excluding tert-OH is 1. The molecule has 1 fully saturated rings. The summed E-state index contributed by atoms with van der Waals surface area (Å²) in [6.07, 6.45) is -2.93. The van der Waals surface area contributed by atoms with Gasteiger partial charge in [0, 0.05) is 32.0 Å². The Labute approximate surface area is 248 Å². The molecule has 1 aliphatic rings. The average molecular weight is 685 g/mol. The van der Waals surface area contributed by atoms with Crippen molar-refractivity contribution in [1.82, 2.24) is 14.5 Å². The van der Waals surface area contributed by atoms with Gasteiger partial charge in [0.25, 0.3) is 5.56 Å². The van der Waals surface area contributed by atoms with Gasteiger partial charge in [0.15, 0.2) is 0 Å². The molecule has 3 rings (SSSR count). The number of nitrogens with one attached hydrogen (secondary N) is 1. The summed E-state index contributed by atoms with van der Waals surface area (Å²) in [5.74, 6) is -1.76. The molecule has 0 radical (unpaired) electrons. The molecule has 0 saturated carbocycles. The summed E-state index contributed by atoms with van der Waals surface area (Å²) in [6.45, 7) is 6.44. The van der Waals surface area contributed by atoms with E-state index >= 15 is 0 Å². The standard InChI is InChI=1S/C27H32IN3O10/c1-15(32)5-10-21(34)31-23(35)18(28)13-30(26(31)38)22-11-19(33)20(40-22)14-39-24(36)17-8-6-16(7-9-17)12-29-25(37)41-27(2,3)4/h6-9,13,19-20,22,33H,5,10-12,14H2,1-4H3,(H,29,37)/t19-,20+,22+/m0/s1. The van der Waals surface area contributed by atoms with E-state index in [1.165, 1.54) is 25.3 Å². The van der Waals surface area contributed by atoms with Crippen LogP contribution in [0.15, 0.2) is 40.1 Å². The van der Waals surface area contributed by atoms with Gasteiger partial charge in [0.1, 0.15) is 30.3 Å². The molecule has 222 valence electrons. The Balaban J connectivity index is 1.61. The van der Waals surface area contributed by atoms with Gasteiger partial charge in [-0.1, -0.05) is 12.1 Å². The number of amides is 1. The van der Waals surface area contributed by atoms with Crippen LogP contribution in [0.5, 0.6) is 0 Å². The van der Waals surface area contributed by atoms with Crippen LogP contribution in [-0.2, 0) is 25.5 Å². The number of ether oxygens (including phenoxy) is 3. The second-order valence-corrected chi connectivity index (χ2v) is 11.6. The van der Waals surface area contributed by atoms with Crippen molar-refractivity contribution in [3.63, 3.8) is 0 Å². The predicted molar refractivity (Wildman–Crippen MR) is 153 cm³/mol. The third kappa shape index (κ3) is 8.81. The number of aromatic nitrogens is 2. The summed E-state index contributed by atoms with van der Waals surface area (Å²) in [7, 11) is 0. The third-order valence-corrected chi connectivity index (χ3v) is 6.67. The molecule has 1 saturated heterocycles. The van der Waals surface area contributed by atoms with Crippen LogP contribution >= 0.6 is 22.6 Å². The van der Waals surface area contributed by atoms with Gasteiger partial charge in [0.2, 0.25) is 5.91 Å². The SMILES string of the molecule is CC(=O)CCC(=O)n1c(=O)c(I)cn([C@H]2C[C@H](O)[C@@H](COC(=O)c3ccc(CNC(=O)OC(C)(C)C)cc3)O2)c1=O. The van der Waals surface area contributed by atoms with Gasteiger partial charge in [-0.3, -0.25) is 14.2 Å². The van der Waals surface area contributed by atoms with Gasteiger partial charge in [-0.05, 0) is 68.0 Å². The molecule has 14 heteroatoms. The Morgan fingerprint density at radius 1 is 1.12 bits per heavy atom. The van der Waals surface area contributed by atoms with Gasteiger partial charge in [0.05, 0.1) is 15.2 Å². The lowest BCUT2D eigenvalue weighted by atomic mass is 10.1. The second-order valence-electron chi connectivity index (χ2n) is 10.5. The Kier molecular flexibility index (Phi) is 10.6. The van der Waals surface area contributed by atoms with E-state index in [1.54, 1.807) is 55.5 Å². The number of carbonyl (C=O) groups is 4. The fraction of sp³-hybridized carbons (Fsp3) is 0.481. The minimum atomic E-state index is -1.10. The monoisotopic (exact) mass is 685 g/mol. The maximum absolute atomic E-state index is 13.0. The number of carbonyl (C=O) groups excluding carboxylic acids is 4. The molecule has 1 aromatic carbocycles. The number of hydrogen-bond acceptors (Lipinski definition) is 10. The van der Waals surface area contributed by atoms with Crippen LogP contribution in [0.2, 0.25) is 0 Å². The summed E-state index contributed by atoms with van der Waals surface area (Å²) in [5.41, 5.74) is -1.43. The maximum Gasteiger partial charge on any atom is 0.407 e. The summed E-state index contributed by atoms with van der Waals surface area (Å²) in [5, 5.41) is 13.1. The number of benzene rings is 1. The molecule has 0 unspecified atom stereocenters. The van der Waals surface area contributed by atoms with E-state index < -0.39 is 53.3 Å². The van der Waals surface area contributed by atoms with E-state index in [0.29, 0.717) is 4.57 Å². The smallest absolute Gasteiger partial charge is 0.407 e. The molecule has 1 aliphatic heterocycles.